The van der Waals surface area contributed by atoms with Gasteiger partial charge >= 0.3 is 5.97 Å². The highest BCUT2D eigenvalue weighted by Crippen LogP contribution is 2.32. The summed E-state index contributed by atoms with van der Waals surface area (Å²) >= 11 is 0. The van der Waals surface area contributed by atoms with E-state index in [0.29, 0.717) is 5.56 Å². The van der Waals surface area contributed by atoms with Gasteiger partial charge in [0.15, 0.2) is 0 Å². The fourth-order valence-electron chi connectivity index (χ4n) is 2.30. The summed E-state index contributed by atoms with van der Waals surface area (Å²) in [5, 5.41) is 0.967. The maximum atomic E-state index is 12.4. The van der Waals surface area contributed by atoms with Gasteiger partial charge in [-0.05, 0) is 37.8 Å². The summed E-state index contributed by atoms with van der Waals surface area (Å²) in [6, 6.07) is 6.07. The summed E-state index contributed by atoms with van der Waals surface area (Å²) in [5.74, 6) is -0.277. The Morgan fingerprint density at radius 3 is 2.30 bits per heavy atom. The Labute approximate surface area is 120 Å². The van der Waals surface area contributed by atoms with Crippen LogP contribution in [0.5, 0.6) is 0 Å². The molecule has 2 aromatic rings. The molecule has 0 atom stereocenters. The molecule has 20 heavy (non-hydrogen) atoms. The van der Waals surface area contributed by atoms with Gasteiger partial charge in [-0.1, -0.05) is 32.9 Å². The fraction of sp³-hybridized carbons (Fsp3) is 0.471. The normalized spacial score (nSPS) is 12.7. The number of benzene rings is 1. The number of carbonyl (C=O) groups excluding carboxylic acids is 1. The molecule has 108 valence electrons. The minimum Gasteiger partial charge on any atom is -0.456 e. The lowest BCUT2D eigenvalue weighted by atomic mass is 9.84. The van der Waals surface area contributed by atoms with Gasteiger partial charge in [0.2, 0.25) is 0 Å². The highest BCUT2D eigenvalue weighted by Gasteiger charge is 2.25. The van der Waals surface area contributed by atoms with Crippen LogP contribution in [0, 0.1) is 0 Å². The molecule has 1 aromatic carbocycles. The average Bonchev–Trinajstić information content (AvgIpc) is 2.68. The number of carbonyl (C=O) groups is 1. The van der Waals surface area contributed by atoms with Crippen LogP contribution in [0.15, 0.2) is 24.4 Å². The number of aromatic nitrogens is 1. The van der Waals surface area contributed by atoms with Crippen molar-refractivity contribution in [2.75, 3.05) is 0 Å². The second kappa shape index (κ2) is 4.65. The number of H-pyrrole nitrogens is 1. The summed E-state index contributed by atoms with van der Waals surface area (Å²) in [7, 11) is 0. The Morgan fingerprint density at radius 2 is 1.75 bits per heavy atom. The van der Waals surface area contributed by atoms with Crippen LogP contribution in [-0.4, -0.2) is 16.6 Å². The number of ether oxygens (including phenoxy) is 1. The summed E-state index contributed by atoms with van der Waals surface area (Å²) in [4.78, 5) is 15.5. The first-order valence-corrected chi connectivity index (χ1v) is 6.93. The Kier molecular flexibility index (Phi) is 3.41. The number of aromatic amines is 1. The highest BCUT2D eigenvalue weighted by molar-refractivity contribution is 6.05. The first-order valence-electron chi connectivity index (χ1n) is 6.93. The van der Waals surface area contributed by atoms with E-state index in [1.54, 1.807) is 6.20 Å². The van der Waals surface area contributed by atoms with E-state index in [4.69, 9.17) is 4.74 Å². The van der Waals surface area contributed by atoms with Crippen molar-refractivity contribution in [3.8, 4) is 0 Å². The average molecular weight is 273 g/mol. The first kappa shape index (κ1) is 14.6. The Hall–Kier alpha value is -1.77. The molecular formula is C17H23NO2. The van der Waals surface area contributed by atoms with Crippen molar-refractivity contribution in [1.29, 1.82) is 0 Å². The lowest BCUT2D eigenvalue weighted by Crippen LogP contribution is -2.24. The monoisotopic (exact) mass is 273 g/mol. The number of hydrogen-bond donors (Lipinski definition) is 1. The molecule has 3 heteroatoms. The zero-order valence-electron chi connectivity index (χ0n) is 13.1. The molecule has 0 bridgehead atoms. The van der Waals surface area contributed by atoms with Gasteiger partial charge in [-0.3, -0.25) is 0 Å². The van der Waals surface area contributed by atoms with Crippen LogP contribution in [0.4, 0.5) is 0 Å². The molecule has 0 saturated heterocycles. The minimum atomic E-state index is -0.489. The minimum absolute atomic E-state index is 0.0293. The zero-order chi connectivity index (χ0) is 15.1. The molecule has 2 rings (SSSR count). The third-order valence-electron chi connectivity index (χ3n) is 3.13. The molecule has 0 fully saturated rings. The molecular weight excluding hydrogens is 250 g/mol. The maximum Gasteiger partial charge on any atom is 0.340 e. The van der Waals surface area contributed by atoms with Crippen LogP contribution in [-0.2, 0) is 10.2 Å². The third-order valence-corrected chi connectivity index (χ3v) is 3.13. The predicted molar refractivity (Wildman–Crippen MR) is 82.2 cm³/mol. The van der Waals surface area contributed by atoms with E-state index in [2.05, 4.69) is 31.8 Å². The van der Waals surface area contributed by atoms with Gasteiger partial charge < -0.3 is 9.72 Å². The van der Waals surface area contributed by atoms with Crippen molar-refractivity contribution in [3.63, 3.8) is 0 Å². The van der Waals surface area contributed by atoms with Crippen LogP contribution in [0.25, 0.3) is 10.9 Å². The van der Waals surface area contributed by atoms with E-state index in [1.165, 1.54) is 0 Å². The van der Waals surface area contributed by atoms with Crippen LogP contribution < -0.4 is 0 Å². The molecule has 0 saturated carbocycles. The lowest BCUT2D eigenvalue weighted by molar-refractivity contribution is 0.00718. The molecule has 0 amide bonds. The molecule has 1 N–H and O–H groups in total. The van der Waals surface area contributed by atoms with E-state index in [-0.39, 0.29) is 11.4 Å². The number of esters is 1. The summed E-state index contributed by atoms with van der Waals surface area (Å²) in [5.41, 5.74) is 2.21. The number of rotatable bonds is 1. The molecule has 0 unspecified atom stereocenters. The summed E-state index contributed by atoms with van der Waals surface area (Å²) < 4.78 is 5.50. The van der Waals surface area contributed by atoms with E-state index < -0.39 is 5.60 Å². The van der Waals surface area contributed by atoms with Crippen LogP contribution in [0.2, 0.25) is 0 Å². The van der Waals surface area contributed by atoms with Crippen molar-refractivity contribution in [1.82, 2.24) is 4.98 Å². The van der Waals surface area contributed by atoms with Crippen molar-refractivity contribution in [2.45, 2.75) is 52.6 Å². The van der Waals surface area contributed by atoms with E-state index in [9.17, 15) is 4.79 Å². The lowest BCUT2D eigenvalue weighted by Gasteiger charge is -2.22. The molecule has 0 aliphatic carbocycles. The Bertz CT molecular complexity index is 639. The van der Waals surface area contributed by atoms with Crippen molar-refractivity contribution in [3.05, 3.63) is 35.5 Å². The smallest absolute Gasteiger partial charge is 0.340 e. The second-order valence-electron chi connectivity index (χ2n) is 7.18. The quantitative estimate of drug-likeness (QED) is 0.781. The molecule has 1 aromatic heterocycles. The van der Waals surface area contributed by atoms with Crippen LogP contribution >= 0.6 is 0 Å². The fourth-order valence-corrected chi connectivity index (χ4v) is 2.30. The summed E-state index contributed by atoms with van der Waals surface area (Å²) in [6.45, 7) is 12.1. The van der Waals surface area contributed by atoms with E-state index in [0.717, 1.165) is 16.5 Å². The van der Waals surface area contributed by atoms with Gasteiger partial charge in [0.1, 0.15) is 5.60 Å². The first-order chi connectivity index (χ1) is 9.09. The van der Waals surface area contributed by atoms with Gasteiger partial charge in [0, 0.05) is 17.1 Å². The van der Waals surface area contributed by atoms with Crippen molar-refractivity contribution in [2.24, 2.45) is 0 Å². The van der Waals surface area contributed by atoms with Crippen LogP contribution in [0.3, 0.4) is 0 Å². The van der Waals surface area contributed by atoms with E-state index in [1.807, 2.05) is 32.9 Å². The molecule has 0 aliphatic heterocycles. The van der Waals surface area contributed by atoms with Crippen LogP contribution in [0.1, 0.15) is 57.5 Å². The molecule has 0 radical (unpaired) electrons. The number of hydrogen-bond acceptors (Lipinski definition) is 2. The van der Waals surface area contributed by atoms with Gasteiger partial charge in [-0.2, -0.15) is 0 Å². The van der Waals surface area contributed by atoms with Crippen molar-refractivity contribution >= 4 is 16.9 Å². The highest BCUT2D eigenvalue weighted by atomic mass is 16.6. The third kappa shape index (κ3) is 2.87. The van der Waals surface area contributed by atoms with Gasteiger partial charge in [0.05, 0.1) is 5.56 Å². The largest absolute Gasteiger partial charge is 0.456 e. The molecule has 1 heterocycles. The zero-order valence-corrected chi connectivity index (χ0v) is 13.1. The number of fused-ring (bicyclic) bond motifs is 1. The van der Waals surface area contributed by atoms with Gasteiger partial charge in [-0.15, -0.1) is 0 Å². The molecule has 0 spiro atoms. The van der Waals surface area contributed by atoms with E-state index >= 15 is 0 Å². The topological polar surface area (TPSA) is 42.1 Å². The standard InChI is InChI=1S/C17H23NO2/c1-16(2,3)12-8-7-9-13-14(12)11(10-18-13)15(19)20-17(4,5)6/h7-10,18H,1-6H3. The van der Waals surface area contributed by atoms with Crippen molar-refractivity contribution < 1.29 is 9.53 Å². The predicted octanol–water partition coefficient (Wildman–Crippen LogP) is 4.42. The molecule has 0 aliphatic rings. The van der Waals surface area contributed by atoms with Gasteiger partial charge in [-0.25, -0.2) is 4.79 Å². The SMILES string of the molecule is CC(C)(C)OC(=O)c1c[nH]c2cccc(C(C)(C)C)c12. The summed E-state index contributed by atoms with van der Waals surface area (Å²) in [6.07, 6.45) is 1.74. The molecule has 3 nitrogen and oxygen atoms in total. The second-order valence-corrected chi connectivity index (χ2v) is 7.18. The van der Waals surface area contributed by atoms with Gasteiger partial charge in [0.25, 0.3) is 0 Å². The maximum absolute atomic E-state index is 12.4. The Morgan fingerprint density at radius 1 is 1.10 bits per heavy atom. The Balaban J connectivity index is 2.58. The number of nitrogens with one attached hydrogen (secondary N) is 1.